The largest absolute Gasteiger partial charge is 0.0622 e. The topological polar surface area (TPSA) is 0 Å². The van der Waals surface area contributed by atoms with Crippen molar-refractivity contribution >= 4 is 0 Å². The van der Waals surface area contributed by atoms with Crippen LogP contribution in [0.2, 0.25) is 0 Å². The second-order valence-corrected chi connectivity index (χ2v) is 8.73. The highest BCUT2D eigenvalue weighted by Gasteiger charge is 2.41. The first-order valence-electron chi connectivity index (χ1n) is 9.07. The Morgan fingerprint density at radius 3 is 1.58 bits per heavy atom. The summed E-state index contributed by atoms with van der Waals surface area (Å²) in [6, 6.07) is 0. The van der Waals surface area contributed by atoms with Crippen LogP contribution < -0.4 is 0 Å². The number of rotatable bonds is 0. The standard InChI is InChI=1S/C10H18.C9H16/c1-8-7-9-3-5-10(8,2)6-4-9;1-7-6-8-2-4-9(7)5-3-8/h8-9H,3-7H2,1-2H3;7-9H,2-6H2,1H3/t8-,9?,10?;7-,8?,9?/m00/s1. The van der Waals surface area contributed by atoms with Crippen LogP contribution in [0.15, 0.2) is 0 Å². The normalized spacial score (nSPS) is 51.6. The highest BCUT2D eigenvalue weighted by molar-refractivity contribution is 4.92. The summed E-state index contributed by atoms with van der Waals surface area (Å²) in [7, 11) is 0. The molecule has 0 heterocycles. The molecule has 0 unspecified atom stereocenters. The van der Waals surface area contributed by atoms with Gasteiger partial charge in [-0.15, -0.1) is 0 Å². The zero-order valence-electron chi connectivity index (χ0n) is 13.5. The molecule has 0 aromatic carbocycles. The molecule has 0 aromatic rings. The molecular formula is C19H34. The summed E-state index contributed by atoms with van der Waals surface area (Å²) in [5.74, 6) is 5.44. The lowest BCUT2D eigenvalue weighted by molar-refractivity contribution is 0.0209. The summed E-state index contributed by atoms with van der Waals surface area (Å²) in [4.78, 5) is 0. The Hall–Kier alpha value is 0. The van der Waals surface area contributed by atoms with Crippen LogP contribution in [0.4, 0.5) is 0 Å². The van der Waals surface area contributed by atoms with E-state index < -0.39 is 0 Å². The lowest BCUT2D eigenvalue weighted by atomic mass is 9.57. The quantitative estimate of drug-likeness (QED) is 0.498. The lowest BCUT2D eigenvalue weighted by Gasteiger charge is -2.49. The summed E-state index contributed by atoms with van der Waals surface area (Å²) >= 11 is 0. The fourth-order valence-electron chi connectivity index (χ4n) is 5.56. The van der Waals surface area contributed by atoms with Gasteiger partial charge in [-0.2, -0.15) is 0 Å². The molecule has 0 N–H and O–H groups in total. The smallest absolute Gasteiger partial charge is 0.0300 e. The molecule has 6 saturated carbocycles. The van der Waals surface area contributed by atoms with Crippen LogP contribution in [0, 0.1) is 35.0 Å². The van der Waals surface area contributed by atoms with Gasteiger partial charge < -0.3 is 0 Å². The number of hydrogen-bond donors (Lipinski definition) is 0. The highest BCUT2D eigenvalue weighted by Crippen LogP contribution is 2.53. The fourth-order valence-corrected chi connectivity index (χ4v) is 5.56. The van der Waals surface area contributed by atoms with Crippen LogP contribution in [0.1, 0.15) is 85.0 Å². The van der Waals surface area contributed by atoms with Crippen molar-refractivity contribution in [3.05, 3.63) is 0 Å². The molecule has 110 valence electrons. The van der Waals surface area contributed by atoms with E-state index in [2.05, 4.69) is 20.8 Å². The monoisotopic (exact) mass is 262 g/mol. The average molecular weight is 262 g/mol. The molecule has 2 atom stereocenters. The third kappa shape index (κ3) is 2.88. The van der Waals surface area contributed by atoms with Crippen molar-refractivity contribution in [2.45, 2.75) is 85.0 Å². The molecule has 6 rings (SSSR count). The van der Waals surface area contributed by atoms with Crippen molar-refractivity contribution in [2.75, 3.05) is 0 Å². The Morgan fingerprint density at radius 1 is 0.737 bits per heavy atom. The predicted molar refractivity (Wildman–Crippen MR) is 83.1 cm³/mol. The van der Waals surface area contributed by atoms with Gasteiger partial charge >= 0.3 is 0 Å². The minimum atomic E-state index is 0.745. The van der Waals surface area contributed by atoms with Gasteiger partial charge in [-0.25, -0.2) is 0 Å². The van der Waals surface area contributed by atoms with Gasteiger partial charge in [0.05, 0.1) is 0 Å². The van der Waals surface area contributed by atoms with Gasteiger partial charge in [0.25, 0.3) is 0 Å². The van der Waals surface area contributed by atoms with Gasteiger partial charge in [0.1, 0.15) is 0 Å². The summed E-state index contributed by atoms with van der Waals surface area (Å²) in [6.07, 6.45) is 15.3. The second-order valence-electron chi connectivity index (χ2n) is 8.73. The van der Waals surface area contributed by atoms with Crippen molar-refractivity contribution in [3.63, 3.8) is 0 Å². The molecule has 0 radical (unpaired) electrons. The Kier molecular flexibility index (Phi) is 3.98. The average Bonchev–Trinajstić information content (AvgIpc) is 2.42. The highest BCUT2D eigenvalue weighted by atomic mass is 14.5. The van der Waals surface area contributed by atoms with Crippen LogP contribution in [0.3, 0.4) is 0 Å². The fraction of sp³-hybridized carbons (Fsp3) is 1.00. The van der Waals surface area contributed by atoms with Gasteiger partial charge in [0.15, 0.2) is 0 Å². The molecule has 0 heteroatoms. The van der Waals surface area contributed by atoms with Gasteiger partial charge in [0.2, 0.25) is 0 Å². The number of hydrogen-bond acceptors (Lipinski definition) is 0. The predicted octanol–water partition coefficient (Wildman–Crippen LogP) is 6.06. The molecule has 4 bridgehead atoms. The Bertz CT molecular complexity index is 289. The minimum Gasteiger partial charge on any atom is -0.0622 e. The van der Waals surface area contributed by atoms with E-state index in [1.54, 1.807) is 32.1 Å². The molecule has 6 fully saturated rings. The first-order valence-corrected chi connectivity index (χ1v) is 9.07. The van der Waals surface area contributed by atoms with Crippen LogP contribution in [0.25, 0.3) is 0 Å². The zero-order chi connectivity index (χ0) is 13.5. The van der Waals surface area contributed by atoms with E-state index in [4.69, 9.17) is 0 Å². The van der Waals surface area contributed by atoms with E-state index in [-0.39, 0.29) is 0 Å². The maximum absolute atomic E-state index is 2.49. The third-order valence-electron chi connectivity index (χ3n) is 7.53. The minimum absolute atomic E-state index is 0.745. The van der Waals surface area contributed by atoms with Crippen LogP contribution >= 0.6 is 0 Å². The molecule has 0 amide bonds. The Balaban J connectivity index is 0.000000117. The SMILES string of the molecule is C[C@H]1CC2CCC1(C)CC2.C[C@H]1CC2CCC1CC2. The summed E-state index contributed by atoms with van der Waals surface area (Å²) < 4.78 is 0. The Labute approximate surface area is 120 Å². The van der Waals surface area contributed by atoms with E-state index in [1.165, 1.54) is 32.1 Å². The lowest BCUT2D eigenvalue weighted by Crippen LogP contribution is -2.38. The molecule has 0 nitrogen and oxygen atoms in total. The Morgan fingerprint density at radius 2 is 1.32 bits per heavy atom. The van der Waals surface area contributed by atoms with Crippen molar-refractivity contribution in [1.29, 1.82) is 0 Å². The van der Waals surface area contributed by atoms with Gasteiger partial charge in [0, 0.05) is 0 Å². The second kappa shape index (κ2) is 5.41. The molecular weight excluding hydrogens is 228 g/mol. The van der Waals surface area contributed by atoms with Crippen LogP contribution in [-0.4, -0.2) is 0 Å². The molecule has 0 aromatic heterocycles. The van der Waals surface area contributed by atoms with Gasteiger partial charge in [-0.1, -0.05) is 33.6 Å². The first-order chi connectivity index (χ1) is 9.07. The molecule has 0 aliphatic heterocycles. The molecule has 0 saturated heterocycles. The zero-order valence-corrected chi connectivity index (χ0v) is 13.5. The van der Waals surface area contributed by atoms with E-state index in [0.29, 0.717) is 0 Å². The van der Waals surface area contributed by atoms with Crippen LogP contribution in [0.5, 0.6) is 0 Å². The van der Waals surface area contributed by atoms with Crippen molar-refractivity contribution in [2.24, 2.45) is 35.0 Å². The summed E-state index contributed by atoms with van der Waals surface area (Å²) in [5.41, 5.74) is 0.745. The molecule has 19 heavy (non-hydrogen) atoms. The number of fused-ring (bicyclic) bond motifs is 6. The third-order valence-corrected chi connectivity index (χ3v) is 7.53. The van der Waals surface area contributed by atoms with E-state index >= 15 is 0 Å². The maximum atomic E-state index is 2.49. The van der Waals surface area contributed by atoms with E-state index in [0.717, 1.165) is 35.0 Å². The van der Waals surface area contributed by atoms with Gasteiger partial charge in [-0.3, -0.25) is 0 Å². The first kappa shape index (κ1) is 14.0. The molecule has 0 spiro atoms. The van der Waals surface area contributed by atoms with E-state index in [9.17, 15) is 0 Å². The summed E-state index contributed by atoms with van der Waals surface area (Å²) in [5, 5.41) is 0. The van der Waals surface area contributed by atoms with Crippen molar-refractivity contribution in [3.8, 4) is 0 Å². The van der Waals surface area contributed by atoms with Gasteiger partial charge in [-0.05, 0) is 86.4 Å². The summed E-state index contributed by atoms with van der Waals surface area (Å²) in [6.45, 7) is 7.38. The van der Waals surface area contributed by atoms with Crippen molar-refractivity contribution < 1.29 is 0 Å². The van der Waals surface area contributed by atoms with E-state index in [1.807, 2.05) is 0 Å². The molecule has 6 aliphatic carbocycles. The van der Waals surface area contributed by atoms with Crippen molar-refractivity contribution in [1.82, 2.24) is 0 Å². The maximum Gasteiger partial charge on any atom is -0.0300 e. The molecule has 6 aliphatic rings. The van der Waals surface area contributed by atoms with Crippen LogP contribution in [-0.2, 0) is 0 Å².